The first kappa shape index (κ1) is 14.4. The predicted octanol–water partition coefficient (Wildman–Crippen LogP) is 2.77. The normalized spacial score (nSPS) is 14.6. The number of nitrogens with one attached hydrogen (secondary N) is 1. The Hall–Kier alpha value is -0.640. The molecular formula is C13H19ClFNO. The van der Waals surface area contributed by atoms with Crippen molar-refractivity contribution in [3.63, 3.8) is 0 Å². The third-order valence-corrected chi connectivity index (χ3v) is 2.79. The lowest BCUT2D eigenvalue weighted by molar-refractivity contribution is 0.0603. The molecule has 0 bridgehead atoms. The number of hydrogen-bond acceptors (Lipinski definition) is 2. The van der Waals surface area contributed by atoms with Gasteiger partial charge in [0.05, 0.1) is 10.6 Å². The molecule has 0 saturated carbocycles. The van der Waals surface area contributed by atoms with Crippen molar-refractivity contribution in [2.24, 2.45) is 0 Å². The van der Waals surface area contributed by atoms with Crippen molar-refractivity contribution in [3.05, 3.63) is 34.6 Å². The Labute approximate surface area is 107 Å². The Morgan fingerprint density at radius 2 is 2.18 bits per heavy atom. The van der Waals surface area contributed by atoms with Gasteiger partial charge in [0.2, 0.25) is 0 Å². The molecule has 1 aromatic carbocycles. The zero-order valence-corrected chi connectivity index (χ0v) is 11.0. The largest absolute Gasteiger partial charge is 0.389 e. The lowest BCUT2D eigenvalue weighted by Gasteiger charge is -2.24. The molecule has 0 aliphatic rings. The van der Waals surface area contributed by atoms with E-state index in [-0.39, 0.29) is 5.02 Å². The van der Waals surface area contributed by atoms with Gasteiger partial charge in [0.15, 0.2) is 0 Å². The summed E-state index contributed by atoms with van der Waals surface area (Å²) in [5.41, 5.74) is -0.0178. The molecule has 96 valence electrons. The van der Waals surface area contributed by atoms with E-state index in [0.29, 0.717) is 13.0 Å². The number of aliphatic hydroxyl groups is 1. The molecule has 0 fully saturated rings. The standard InChI is InChI=1S/C13H19ClFNO/c1-3-6-16-9-13(2,17)8-10-4-5-12(15)11(14)7-10/h4-5,7,16-17H,3,6,8-9H2,1-2H3. The van der Waals surface area contributed by atoms with Gasteiger partial charge in [0, 0.05) is 13.0 Å². The molecule has 1 atom stereocenters. The third kappa shape index (κ3) is 5.02. The highest BCUT2D eigenvalue weighted by atomic mass is 35.5. The van der Waals surface area contributed by atoms with E-state index in [1.807, 2.05) is 0 Å². The highest BCUT2D eigenvalue weighted by molar-refractivity contribution is 6.30. The minimum atomic E-state index is -0.851. The SMILES string of the molecule is CCCNCC(C)(O)Cc1ccc(F)c(Cl)c1. The fourth-order valence-corrected chi connectivity index (χ4v) is 1.89. The maximum Gasteiger partial charge on any atom is 0.141 e. The zero-order chi connectivity index (χ0) is 12.9. The van der Waals surface area contributed by atoms with Gasteiger partial charge in [-0.2, -0.15) is 0 Å². The molecule has 1 rings (SSSR count). The summed E-state index contributed by atoms with van der Waals surface area (Å²) < 4.78 is 13.0. The van der Waals surface area contributed by atoms with Crippen molar-refractivity contribution in [2.75, 3.05) is 13.1 Å². The van der Waals surface area contributed by atoms with Crippen molar-refractivity contribution >= 4 is 11.6 Å². The van der Waals surface area contributed by atoms with Crippen LogP contribution in [0.5, 0.6) is 0 Å². The lowest BCUT2D eigenvalue weighted by atomic mass is 9.96. The maximum absolute atomic E-state index is 13.0. The highest BCUT2D eigenvalue weighted by Gasteiger charge is 2.20. The summed E-state index contributed by atoms with van der Waals surface area (Å²) in [6, 6.07) is 4.54. The van der Waals surface area contributed by atoms with Gasteiger partial charge in [-0.1, -0.05) is 24.6 Å². The predicted molar refractivity (Wildman–Crippen MR) is 68.9 cm³/mol. The number of halogens is 2. The second-order valence-corrected chi connectivity index (χ2v) is 5.01. The Bertz CT molecular complexity index is 368. The van der Waals surface area contributed by atoms with Crippen molar-refractivity contribution in [3.8, 4) is 0 Å². The summed E-state index contributed by atoms with van der Waals surface area (Å²) >= 11 is 5.70. The van der Waals surface area contributed by atoms with Crippen LogP contribution in [-0.4, -0.2) is 23.8 Å². The maximum atomic E-state index is 13.0. The number of hydrogen-bond donors (Lipinski definition) is 2. The van der Waals surface area contributed by atoms with Crippen LogP contribution in [0.4, 0.5) is 4.39 Å². The molecule has 4 heteroatoms. The van der Waals surface area contributed by atoms with E-state index >= 15 is 0 Å². The Morgan fingerprint density at radius 3 is 2.76 bits per heavy atom. The second-order valence-electron chi connectivity index (χ2n) is 4.60. The molecule has 2 N–H and O–H groups in total. The van der Waals surface area contributed by atoms with Gasteiger partial charge in [0.25, 0.3) is 0 Å². The van der Waals surface area contributed by atoms with Crippen molar-refractivity contribution in [1.82, 2.24) is 5.32 Å². The van der Waals surface area contributed by atoms with Crippen LogP contribution in [0, 0.1) is 5.82 Å². The molecule has 0 aromatic heterocycles. The smallest absolute Gasteiger partial charge is 0.141 e. The van der Waals surface area contributed by atoms with E-state index in [9.17, 15) is 9.50 Å². The van der Waals surface area contributed by atoms with Crippen LogP contribution in [0.3, 0.4) is 0 Å². The quantitative estimate of drug-likeness (QED) is 0.770. The second kappa shape index (κ2) is 6.34. The molecule has 0 radical (unpaired) electrons. The van der Waals surface area contributed by atoms with E-state index in [4.69, 9.17) is 11.6 Å². The van der Waals surface area contributed by atoms with Gasteiger partial charge in [0.1, 0.15) is 5.82 Å². The van der Waals surface area contributed by atoms with Gasteiger partial charge in [-0.3, -0.25) is 0 Å². The molecule has 1 aromatic rings. The summed E-state index contributed by atoms with van der Waals surface area (Å²) in [6.07, 6.45) is 1.47. The van der Waals surface area contributed by atoms with E-state index < -0.39 is 11.4 Å². The van der Waals surface area contributed by atoms with Gasteiger partial charge in [-0.15, -0.1) is 0 Å². The first-order valence-electron chi connectivity index (χ1n) is 5.81. The van der Waals surface area contributed by atoms with Crippen LogP contribution in [0.15, 0.2) is 18.2 Å². The fraction of sp³-hybridized carbons (Fsp3) is 0.538. The third-order valence-electron chi connectivity index (χ3n) is 2.50. The Kier molecular flexibility index (Phi) is 5.37. The van der Waals surface area contributed by atoms with E-state index in [0.717, 1.165) is 18.5 Å². The van der Waals surface area contributed by atoms with E-state index in [1.165, 1.54) is 6.07 Å². The molecule has 0 aliphatic carbocycles. The average molecular weight is 260 g/mol. The monoisotopic (exact) mass is 259 g/mol. The Balaban J connectivity index is 2.59. The van der Waals surface area contributed by atoms with Crippen molar-refractivity contribution in [2.45, 2.75) is 32.3 Å². The van der Waals surface area contributed by atoms with Gasteiger partial charge >= 0.3 is 0 Å². The minimum Gasteiger partial charge on any atom is -0.389 e. The number of rotatable bonds is 6. The topological polar surface area (TPSA) is 32.3 Å². The summed E-state index contributed by atoms with van der Waals surface area (Å²) in [4.78, 5) is 0. The molecule has 0 saturated heterocycles. The summed E-state index contributed by atoms with van der Waals surface area (Å²) in [5.74, 6) is -0.431. The van der Waals surface area contributed by atoms with Crippen LogP contribution >= 0.6 is 11.6 Å². The van der Waals surface area contributed by atoms with Crippen molar-refractivity contribution in [1.29, 1.82) is 0 Å². The Morgan fingerprint density at radius 1 is 1.47 bits per heavy atom. The first-order valence-corrected chi connectivity index (χ1v) is 6.19. The molecular weight excluding hydrogens is 241 g/mol. The first-order chi connectivity index (χ1) is 7.94. The molecule has 0 aliphatic heterocycles. The van der Waals surface area contributed by atoms with Crippen LogP contribution < -0.4 is 5.32 Å². The van der Waals surface area contributed by atoms with Crippen LogP contribution in [0.25, 0.3) is 0 Å². The average Bonchev–Trinajstić information content (AvgIpc) is 2.23. The number of benzene rings is 1. The highest BCUT2D eigenvalue weighted by Crippen LogP contribution is 2.19. The summed E-state index contributed by atoms with van der Waals surface area (Å²) in [7, 11) is 0. The molecule has 0 spiro atoms. The molecule has 17 heavy (non-hydrogen) atoms. The van der Waals surface area contributed by atoms with E-state index in [2.05, 4.69) is 12.2 Å². The minimum absolute atomic E-state index is 0.0971. The zero-order valence-electron chi connectivity index (χ0n) is 10.3. The fourth-order valence-electron chi connectivity index (χ4n) is 1.69. The summed E-state index contributed by atoms with van der Waals surface area (Å²) in [6.45, 7) is 5.21. The van der Waals surface area contributed by atoms with Crippen LogP contribution in [-0.2, 0) is 6.42 Å². The van der Waals surface area contributed by atoms with Gasteiger partial charge < -0.3 is 10.4 Å². The molecule has 0 amide bonds. The van der Waals surface area contributed by atoms with Crippen LogP contribution in [0.2, 0.25) is 5.02 Å². The molecule has 0 heterocycles. The van der Waals surface area contributed by atoms with Gasteiger partial charge in [-0.05, 0) is 37.6 Å². The van der Waals surface area contributed by atoms with E-state index in [1.54, 1.807) is 19.1 Å². The summed E-state index contributed by atoms with van der Waals surface area (Å²) in [5, 5.41) is 13.4. The lowest BCUT2D eigenvalue weighted by Crippen LogP contribution is -2.40. The molecule has 1 unspecified atom stereocenters. The molecule has 2 nitrogen and oxygen atoms in total. The van der Waals surface area contributed by atoms with Gasteiger partial charge in [-0.25, -0.2) is 4.39 Å². The van der Waals surface area contributed by atoms with Crippen molar-refractivity contribution < 1.29 is 9.50 Å². The van der Waals surface area contributed by atoms with Crippen LogP contribution in [0.1, 0.15) is 25.8 Å².